The van der Waals surface area contributed by atoms with Gasteiger partial charge in [0, 0.05) is 18.4 Å². The van der Waals surface area contributed by atoms with Gasteiger partial charge in [-0.1, -0.05) is 62.4 Å². The number of hydrogen-bond acceptors (Lipinski definition) is 4. The van der Waals surface area contributed by atoms with E-state index in [-0.39, 0.29) is 5.91 Å². The second-order valence-electron chi connectivity index (χ2n) is 6.75. The van der Waals surface area contributed by atoms with Gasteiger partial charge in [-0.2, -0.15) is 0 Å². The minimum atomic E-state index is -0.224. The van der Waals surface area contributed by atoms with Crippen LogP contribution in [0, 0.1) is 6.92 Å². The molecule has 3 rings (SSSR count). The van der Waals surface area contributed by atoms with Crippen molar-refractivity contribution in [2.24, 2.45) is 0 Å². The van der Waals surface area contributed by atoms with Gasteiger partial charge >= 0.3 is 0 Å². The van der Waals surface area contributed by atoms with Crippen LogP contribution in [0.2, 0.25) is 0 Å². The van der Waals surface area contributed by atoms with E-state index in [1.807, 2.05) is 49.4 Å². The molecule has 0 spiro atoms. The summed E-state index contributed by atoms with van der Waals surface area (Å²) < 4.78 is 0. The maximum absolute atomic E-state index is 12.4. The SMILES string of the molecule is Cc1cccc(C(C)C)c1Nc1nccc(C(=O)NCc2ccccc2)n1. The lowest BCUT2D eigenvalue weighted by molar-refractivity contribution is 0.0946. The summed E-state index contributed by atoms with van der Waals surface area (Å²) >= 11 is 0. The van der Waals surface area contributed by atoms with E-state index in [1.54, 1.807) is 12.3 Å². The van der Waals surface area contributed by atoms with E-state index in [4.69, 9.17) is 0 Å². The second kappa shape index (κ2) is 8.45. The lowest BCUT2D eigenvalue weighted by atomic mass is 9.98. The predicted octanol–water partition coefficient (Wildman–Crippen LogP) is 4.58. The fourth-order valence-corrected chi connectivity index (χ4v) is 2.87. The number of amides is 1. The summed E-state index contributed by atoms with van der Waals surface area (Å²) in [5.41, 5.74) is 4.68. The van der Waals surface area contributed by atoms with Crippen molar-refractivity contribution in [1.29, 1.82) is 0 Å². The number of carbonyl (C=O) groups is 1. The lowest BCUT2D eigenvalue weighted by Crippen LogP contribution is -2.24. The predicted molar refractivity (Wildman–Crippen MR) is 108 cm³/mol. The van der Waals surface area contributed by atoms with Crippen LogP contribution in [0.15, 0.2) is 60.8 Å². The molecule has 138 valence electrons. The first-order valence-electron chi connectivity index (χ1n) is 9.06. The maximum Gasteiger partial charge on any atom is 0.270 e. The third-order valence-corrected chi connectivity index (χ3v) is 4.35. The Balaban J connectivity index is 1.75. The van der Waals surface area contributed by atoms with E-state index < -0.39 is 0 Å². The number of para-hydroxylation sites is 1. The highest BCUT2D eigenvalue weighted by Crippen LogP contribution is 2.29. The molecule has 5 heteroatoms. The fraction of sp³-hybridized carbons (Fsp3) is 0.227. The van der Waals surface area contributed by atoms with Gasteiger partial charge in [0.15, 0.2) is 0 Å². The van der Waals surface area contributed by atoms with E-state index >= 15 is 0 Å². The van der Waals surface area contributed by atoms with Crippen LogP contribution in [-0.4, -0.2) is 15.9 Å². The van der Waals surface area contributed by atoms with Gasteiger partial charge in [-0.3, -0.25) is 4.79 Å². The summed E-state index contributed by atoms with van der Waals surface area (Å²) in [6, 6.07) is 17.6. The monoisotopic (exact) mass is 360 g/mol. The third-order valence-electron chi connectivity index (χ3n) is 4.35. The van der Waals surface area contributed by atoms with Crippen LogP contribution in [0.5, 0.6) is 0 Å². The number of carbonyl (C=O) groups excluding carboxylic acids is 1. The molecule has 1 heterocycles. The molecule has 5 nitrogen and oxygen atoms in total. The van der Waals surface area contributed by atoms with Crippen molar-refractivity contribution in [2.45, 2.75) is 33.2 Å². The van der Waals surface area contributed by atoms with Crippen molar-refractivity contribution in [3.8, 4) is 0 Å². The number of aryl methyl sites for hydroxylation is 1. The van der Waals surface area contributed by atoms with Crippen LogP contribution in [0.25, 0.3) is 0 Å². The summed E-state index contributed by atoms with van der Waals surface area (Å²) in [5, 5.41) is 6.18. The van der Waals surface area contributed by atoms with E-state index in [0.717, 1.165) is 16.8 Å². The number of anilines is 2. The Kier molecular flexibility index (Phi) is 5.81. The van der Waals surface area contributed by atoms with Gasteiger partial charge in [0.05, 0.1) is 0 Å². The largest absolute Gasteiger partial charge is 0.347 e. The lowest BCUT2D eigenvalue weighted by Gasteiger charge is -2.16. The molecule has 0 aliphatic rings. The van der Waals surface area contributed by atoms with E-state index in [0.29, 0.717) is 24.1 Å². The van der Waals surface area contributed by atoms with Gasteiger partial charge < -0.3 is 10.6 Å². The summed E-state index contributed by atoms with van der Waals surface area (Å²) in [5.74, 6) is 0.557. The van der Waals surface area contributed by atoms with Crippen LogP contribution in [0.4, 0.5) is 11.6 Å². The summed E-state index contributed by atoms with van der Waals surface area (Å²) in [6.45, 7) is 6.80. The van der Waals surface area contributed by atoms with Crippen LogP contribution in [0.1, 0.15) is 46.9 Å². The smallest absolute Gasteiger partial charge is 0.270 e. The third kappa shape index (κ3) is 4.70. The molecule has 0 bridgehead atoms. The number of rotatable bonds is 6. The van der Waals surface area contributed by atoms with Gasteiger partial charge in [0.2, 0.25) is 5.95 Å². The fourth-order valence-electron chi connectivity index (χ4n) is 2.87. The molecular formula is C22H24N4O. The van der Waals surface area contributed by atoms with Crippen LogP contribution < -0.4 is 10.6 Å². The quantitative estimate of drug-likeness (QED) is 0.675. The Morgan fingerprint density at radius 1 is 1.04 bits per heavy atom. The van der Waals surface area contributed by atoms with Crippen LogP contribution in [-0.2, 0) is 6.54 Å². The van der Waals surface area contributed by atoms with Crippen molar-refractivity contribution in [2.75, 3.05) is 5.32 Å². The molecule has 0 atom stereocenters. The Labute approximate surface area is 159 Å². The molecule has 0 aliphatic heterocycles. The molecule has 3 aromatic rings. The number of aromatic nitrogens is 2. The molecule has 1 amide bonds. The molecule has 2 N–H and O–H groups in total. The van der Waals surface area contributed by atoms with Crippen LogP contribution >= 0.6 is 0 Å². The van der Waals surface area contributed by atoms with Gasteiger partial charge in [-0.25, -0.2) is 9.97 Å². The highest BCUT2D eigenvalue weighted by Gasteiger charge is 2.12. The van der Waals surface area contributed by atoms with Crippen molar-refractivity contribution < 1.29 is 4.79 Å². The average Bonchev–Trinajstić information content (AvgIpc) is 2.68. The molecule has 1 aromatic heterocycles. The van der Waals surface area contributed by atoms with Crippen molar-refractivity contribution in [3.05, 3.63) is 83.2 Å². The molecule has 27 heavy (non-hydrogen) atoms. The van der Waals surface area contributed by atoms with E-state index in [9.17, 15) is 4.79 Å². The second-order valence-corrected chi connectivity index (χ2v) is 6.75. The zero-order chi connectivity index (χ0) is 19.2. The highest BCUT2D eigenvalue weighted by atomic mass is 16.1. The van der Waals surface area contributed by atoms with Gasteiger partial charge in [-0.05, 0) is 35.6 Å². The normalized spacial score (nSPS) is 10.7. The molecule has 0 aliphatic carbocycles. The first-order chi connectivity index (χ1) is 13.0. The Hall–Kier alpha value is -3.21. The van der Waals surface area contributed by atoms with E-state index in [2.05, 4.69) is 40.5 Å². The Morgan fingerprint density at radius 3 is 2.56 bits per heavy atom. The standard InChI is InChI=1S/C22H24N4O/c1-15(2)18-11-7-8-16(3)20(18)26-22-23-13-12-19(25-22)21(27)24-14-17-9-5-4-6-10-17/h4-13,15H,14H2,1-3H3,(H,24,27)(H,23,25,26). The molecule has 2 aromatic carbocycles. The zero-order valence-corrected chi connectivity index (χ0v) is 15.9. The number of nitrogens with zero attached hydrogens (tertiary/aromatic N) is 2. The molecule has 0 saturated heterocycles. The zero-order valence-electron chi connectivity index (χ0n) is 15.9. The van der Waals surface area contributed by atoms with Gasteiger partial charge in [0.1, 0.15) is 5.69 Å². The van der Waals surface area contributed by atoms with Crippen molar-refractivity contribution in [3.63, 3.8) is 0 Å². The molecular weight excluding hydrogens is 336 g/mol. The summed E-state index contributed by atoms with van der Waals surface area (Å²) in [4.78, 5) is 21.1. The van der Waals surface area contributed by atoms with E-state index in [1.165, 1.54) is 5.56 Å². The first kappa shape index (κ1) is 18.6. The summed E-state index contributed by atoms with van der Waals surface area (Å²) in [7, 11) is 0. The molecule has 0 unspecified atom stereocenters. The summed E-state index contributed by atoms with van der Waals surface area (Å²) in [6.07, 6.45) is 1.60. The van der Waals surface area contributed by atoms with Crippen molar-refractivity contribution >= 4 is 17.5 Å². The highest BCUT2D eigenvalue weighted by molar-refractivity contribution is 5.92. The van der Waals surface area contributed by atoms with Crippen molar-refractivity contribution in [1.82, 2.24) is 15.3 Å². The minimum Gasteiger partial charge on any atom is -0.347 e. The number of benzene rings is 2. The topological polar surface area (TPSA) is 66.9 Å². The van der Waals surface area contributed by atoms with Gasteiger partial charge in [-0.15, -0.1) is 0 Å². The minimum absolute atomic E-state index is 0.224. The number of hydrogen-bond donors (Lipinski definition) is 2. The molecule has 0 fully saturated rings. The maximum atomic E-state index is 12.4. The number of nitrogens with one attached hydrogen (secondary N) is 2. The Morgan fingerprint density at radius 2 is 1.81 bits per heavy atom. The Bertz CT molecular complexity index is 923. The average molecular weight is 360 g/mol. The molecule has 0 saturated carbocycles. The first-order valence-corrected chi connectivity index (χ1v) is 9.06. The van der Waals surface area contributed by atoms with Crippen LogP contribution in [0.3, 0.4) is 0 Å². The molecule has 0 radical (unpaired) electrons. The van der Waals surface area contributed by atoms with Gasteiger partial charge in [0.25, 0.3) is 5.91 Å².